The third kappa shape index (κ3) is 6.27. The monoisotopic (exact) mass is 352 g/mol. The van der Waals surface area contributed by atoms with Crippen molar-refractivity contribution in [2.24, 2.45) is 5.92 Å². The van der Waals surface area contributed by atoms with E-state index in [-0.39, 0.29) is 36.0 Å². The summed E-state index contributed by atoms with van der Waals surface area (Å²) in [7, 11) is 0. The van der Waals surface area contributed by atoms with Crippen LogP contribution >= 0.6 is 12.4 Å². The Morgan fingerprint density at radius 3 is 2.57 bits per heavy atom. The molecule has 0 bridgehead atoms. The molecular formula is C15H20ClF3N2O2. The summed E-state index contributed by atoms with van der Waals surface area (Å²) in [6.07, 6.45) is -3.53. The van der Waals surface area contributed by atoms with Crippen LogP contribution < -0.4 is 15.4 Å². The van der Waals surface area contributed by atoms with Crippen LogP contribution in [0.25, 0.3) is 0 Å². The summed E-state index contributed by atoms with van der Waals surface area (Å²) >= 11 is 0. The summed E-state index contributed by atoms with van der Waals surface area (Å²) in [6, 6.07) is 6.05. The number of nitrogens with one attached hydrogen (secondary N) is 2. The van der Waals surface area contributed by atoms with Crippen molar-refractivity contribution < 1.29 is 22.7 Å². The van der Waals surface area contributed by atoms with E-state index in [1.165, 1.54) is 12.1 Å². The molecule has 8 heteroatoms. The van der Waals surface area contributed by atoms with Gasteiger partial charge in [0.25, 0.3) is 0 Å². The highest BCUT2D eigenvalue weighted by Crippen LogP contribution is 2.21. The average Bonchev–Trinajstić information content (AvgIpc) is 2.99. The number of carbonyl (C=O) groups is 1. The van der Waals surface area contributed by atoms with Gasteiger partial charge in [0.2, 0.25) is 5.91 Å². The van der Waals surface area contributed by atoms with Crippen molar-refractivity contribution in [3.8, 4) is 5.75 Å². The minimum atomic E-state index is -4.35. The quantitative estimate of drug-likeness (QED) is 0.856. The van der Waals surface area contributed by atoms with Crippen LogP contribution in [0.2, 0.25) is 0 Å². The Kier molecular flexibility index (Phi) is 7.15. The number of carbonyl (C=O) groups excluding carboxylic acids is 1. The average molecular weight is 353 g/mol. The number of amides is 1. The van der Waals surface area contributed by atoms with Crippen molar-refractivity contribution in [3.63, 3.8) is 0 Å². The lowest BCUT2D eigenvalue weighted by Crippen LogP contribution is -2.33. The summed E-state index contributed by atoms with van der Waals surface area (Å²) in [4.78, 5) is 12.0. The molecule has 0 aliphatic carbocycles. The lowest BCUT2D eigenvalue weighted by atomic mass is 10.1. The van der Waals surface area contributed by atoms with Crippen LogP contribution in [-0.4, -0.2) is 31.8 Å². The van der Waals surface area contributed by atoms with E-state index in [1.54, 1.807) is 12.1 Å². The van der Waals surface area contributed by atoms with Gasteiger partial charge in [-0.05, 0) is 37.6 Å². The molecule has 0 saturated carbocycles. The zero-order chi connectivity index (χ0) is 16.2. The smallest absolute Gasteiger partial charge is 0.422 e. The molecule has 0 radical (unpaired) electrons. The highest BCUT2D eigenvalue weighted by atomic mass is 35.5. The van der Waals surface area contributed by atoms with Crippen molar-refractivity contribution >= 4 is 18.3 Å². The van der Waals surface area contributed by atoms with E-state index in [2.05, 4.69) is 15.4 Å². The van der Waals surface area contributed by atoms with Crippen LogP contribution in [0.4, 0.5) is 13.2 Å². The Morgan fingerprint density at radius 1 is 1.39 bits per heavy atom. The Morgan fingerprint density at radius 2 is 2.04 bits per heavy atom. The van der Waals surface area contributed by atoms with Crippen molar-refractivity contribution in [1.29, 1.82) is 0 Å². The summed E-state index contributed by atoms with van der Waals surface area (Å²) in [5.41, 5.74) is 0.818. The van der Waals surface area contributed by atoms with Crippen molar-refractivity contribution in [1.82, 2.24) is 10.6 Å². The Balaban J connectivity index is 0.00000264. The van der Waals surface area contributed by atoms with Gasteiger partial charge in [-0.3, -0.25) is 4.79 Å². The van der Waals surface area contributed by atoms with Gasteiger partial charge in [-0.2, -0.15) is 13.2 Å². The second-order valence-electron chi connectivity index (χ2n) is 5.39. The molecule has 23 heavy (non-hydrogen) atoms. The van der Waals surface area contributed by atoms with Crippen LogP contribution in [-0.2, 0) is 4.79 Å². The SMILES string of the molecule is CC(NC(=O)C1CCNC1)c1ccc(OCC(F)(F)F)cc1.Cl. The second kappa shape index (κ2) is 8.40. The summed E-state index contributed by atoms with van der Waals surface area (Å²) in [6.45, 7) is 2.06. The topological polar surface area (TPSA) is 50.4 Å². The van der Waals surface area contributed by atoms with E-state index in [9.17, 15) is 18.0 Å². The molecule has 0 aromatic heterocycles. The van der Waals surface area contributed by atoms with Gasteiger partial charge >= 0.3 is 6.18 Å². The number of rotatable bonds is 5. The van der Waals surface area contributed by atoms with E-state index in [1.807, 2.05) is 6.92 Å². The van der Waals surface area contributed by atoms with Crippen LogP contribution in [0.5, 0.6) is 5.75 Å². The lowest BCUT2D eigenvalue weighted by molar-refractivity contribution is -0.153. The summed E-state index contributed by atoms with van der Waals surface area (Å²) in [5.74, 6) is 0.131. The molecule has 130 valence electrons. The van der Waals surface area contributed by atoms with Crippen LogP contribution in [0.1, 0.15) is 24.9 Å². The summed E-state index contributed by atoms with van der Waals surface area (Å²) in [5, 5.41) is 6.04. The van der Waals surface area contributed by atoms with Gasteiger partial charge in [-0.15, -0.1) is 12.4 Å². The van der Waals surface area contributed by atoms with Crippen molar-refractivity contribution in [2.75, 3.05) is 19.7 Å². The van der Waals surface area contributed by atoms with Gasteiger partial charge in [0, 0.05) is 6.54 Å². The fourth-order valence-electron chi connectivity index (χ4n) is 2.31. The number of halogens is 4. The molecule has 1 saturated heterocycles. The zero-order valence-electron chi connectivity index (χ0n) is 12.7. The molecule has 4 nitrogen and oxygen atoms in total. The Bertz CT molecular complexity index is 502. The number of ether oxygens (including phenoxy) is 1. The molecule has 2 rings (SSSR count). The van der Waals surface area contributed by atoms with Crippen LogP contribution in [0, 0.1) is 5.92 Å². The molecule has 1 aliphatic heterocycles. The van der Waals surface area contributed by atoms with E-state index in [0.29, 0.717) is 6.54 Å². The van der Waals surface area contributed by atoms with Gasteiger partial charge in [0.05, 0.1) is 12.0 Å². The maximum Gasteiger partial charge on any atom is 0.422 e. The zero-order valence-corrected chi connectivity index (χ0v) is 13.5. The van der Waals surface area contributed by atoms with Crippen molar-refractivity contribution in [2.45, 2.75) is 25.6 Å². The Hall–Kier alpha value is -1.47. The molecule has 1 heterocycles. The minimum Gasteiger partial charge on any atom is -0.484 e. The number of benzene rings is 1. The first kappa shape index (κ1) is 19.6. The fourth-order valence-corrected chi connectivity index (χ4v) is 2.31. The molecule has 1 aliphatic rings. The second-order valence-corrected chi connectivity index (χ2v) is 5.39. The van der Waals surface area contributed by atoms with Gasteiger partial charge in [-0.25, -0.2) is 0 Å². The first-order valence-electron chi connectivity index (χ1n) is 7.16. The van der Waals surface area contributed by atoms with E-state index in [4.69, 9.17) is 0 Å². The molecule has 1 aromatic rings. The molecule has 1 aromatic carbocycles. The molecule has 1 fully saturated rings. The van der Waals surface area contributed by atoms with Gasteiger partial charge in [0.1, 0.15) is 5.75 Å². The molecule has 1 amide bonds. The molecule has 0 spiro atoms. The van der Waals surface area contributed by atoms with E-state index >= 15 is 0 Å². The lowest BCUT2D eigenvalue weighted by Gasteiger charge is -2.17. The maximum atomic E-state index is 12.1. The van der Waals surface area contributed by atoms with Crippen molar-refractivity contribution in [3.05, 3.63) is 29.8 Å². The van der Waals surface area contributed by atoms with Gasteiger partial charge < -0.3 is 15.4 Å². The van der Waals surface area contributed by atoms with E-state index < -0.39 is 12.8 Å². The largest absolute Gasteiger partial charge is 0.484 e. The molecule has 2 N–H and O–H groups in total. The van der Waals surface area contributed by atoms with Gasteiger partial charge in [0.15, 0.2) is 6.61 Å². The molecule has 2 unspecified atom stereocenters. The number of hydrogen-bond acceptors (Lipinski definition) is 3. The third-order valence-corrected chi connectivity index (χ3v) is 3.57. The molecular weight excluding hydrogens is 333 g/mol. The minimum absolute atomic E-state index is 0. The summed E-state index contributed by atoms with van der Waals surface area (Å²) < 4.78 is 40.8. The Labute approximate surface area is 139 Å². The highest BCUT2D eigenvalue weighted by molar-refractivity contribution is 5.85. The predicted octanol–water partition coefficient (Wildman–Crippen LogP) is 2.84. The van der Waals surface area contributed by atoms with Gasteiger partial charge in [-0.1, -0.05) is 12.1 Å². The normalized spacial score (nSPS) is 18.9. The fraction of sp³-hybridized carbons (Fsp3) is 0.533. The standard InChI is InChI=1S/C15H19F3N2O2.ClH/c1-10(20-14(21)12-6-7-19-8-12)11-2-4-13(5-3-11)22-9-15(16,17)18;/h2-5,10,12,19H,6-9H2,1H3,(H,20,21);1H. The third-order valence-electron chi connectivity index (χ3n) is 3.57. The first-order chi connectivity index (χ1) is 10.3. The van der Waals surface area contributed by atoms with E-state index in [0.717, 1.165) is 18.5 Å². The first-order valence-corrected chi connectivity index (χ1v) is 7.16. The predicted molar refractivity (Wildman–Crippen MR) is 82.8 cm³/mol. The highest BCUT2D eigenvalue weighted by Gasteiger charge is 2.28. The number of hydrogen-bond donors (Lipinski definition) is 2. The van der Waals surface area contributed by atoms with Crippen LogP contribution in [0.15, 0.2) is 24.3 Å². The maximum absolute atomic E-state index is 12.1. The van der Waals surface area contributed by atoms with Crippen LogP contribution in [0.3, 0.4) is 0 Å². The molecule has 2 atom stereocenters. The number of alkyl halides is 3.